The number of piperidine rings is 1. The molecule has 2 saturated heterocycles. The molecular formula is C14H23N3O4. The van der Waals surface area contributed by atoms with Crippen molar-refractivity contribution in [3.63, 3.8) is 0 Å². The lowest BCUT2D eigenvalue weighted by molar-refractivity contribution is -0.143. The predicted octanol–water partition coefficient (Wildman–Crippen LogP) is 0.502. The molecule has 0 aromatic heterocycles. The van der Waals surface area contributed by atoms with Gasteiger partial charge in [-0.05, 0) is 33.1 Å². The lowest BCUT2D eigenvalue weighted by atomic mass is 9.99. The second-order valence-corrected chi connectivity index (χ2v) is 6.04. The highest BCUT2D eigenvalue weighted by Crippen LogP contribution is 2.18. The van der Waals surface area contributed by atoms with Crippen molar-refractivity contribution >= 4 is 17.9 Å². The summed E-state index contributed by atoms with van der Waals surface area (Å²) in [5.41, 5.74) is 0. The first-order valence-electron chi connectivity index (χ1n) is 7.49. The molecule has 2 atom stereocenters. The van der Waals surface area contributed by atoms with E-state index in [0.717, 1.165) is 0 Å². The van der Waals surface area contributed by atoms with E-state index in [4.69, 9.17) is 5.11 Å². The minimum absolute atomic E-state index is 0.0508. The van der Waals surface area contributed by atoms with Crippen molar-refractivity contribution in [2.24, 2.45) is 5.92 Å². The largest absolute Gasteiger partial charge is 0.481 e. The van der Waals surface area contributed by atoms with Gasteiger partial charge >= 0.3 is 12.0 Å². The predicted molar refractivity (Wildman–Crippen MR) is 75.7 cm³/mol. The molecule has 0 aromatic rings. The fraction of sp³-hybridized carbons (Fsp3) is 0.786. The second-order valence-electron chi connectivity index (χ2n) is 6.04. The lowest BCUT2D eigenvalue weighted by Gasteiger charge is -2.31. The summed E-state index contributed by atoms with van der Waals surface area (Å²) in [6.45, 7) is 5.31. The van der Waals surface area contributed by atoms with Gasteiger partial charge in [-0.15, -0.1) is 0 Å². The van der Waals surface area contributed by atoms with E-state index in [9.17, 15) is 14.4 Å². The van der Waals surface area contributed by atoms with Crippen LogP contribution in [0.3, 0.4) is 0 Å². The summed E-state index contributed by atoms with van der Waals surface area (Å²) >= 11 is 0. The Morgan fingerprint density at radius 2 is 2.00 bits per heavy atom. The Kier molecular flexibility index (Phi) is 4.69. The fourth-order valence-electron chi connectivity index (χ4n) is 2.95. The molecule has 2 rings (SSSR count). The van der Waals surface area contributed by atoms with Gasteiger partial charge in [0, 0.05) is 25.7 Å². The van der Waals surface area contributed by atoms with Crippen LogP contribution in [0.2, 0.25) is 0 Å². The summed E-state index contributed by atoms with van der Waals surface area (Å²) < 4.78 is 0. The van der Waals surface area contributed by atoms with Gasteiger partial charge in [0.1, 0.15) is 6.04 Å². The van der Waals surface area contributed by atoms with E-state index in [2.05, 4.69) is 5.32 Å². The topological polar surface area (TPSA) is 90.0 Å². The van der Waals surface area contributed by atoms with Crippen molar-refractivity contribution in [2.45, 2.75) is 45.2 Å². The zero-order chi connectivity index (χ0) is 15.6. The molecule has 118 valence electrons. The fourth-order valence-corrected chi connectivity index (χ4v) is 2.95. The van der Waals surface area contributed by atoms with Crippen LogP contribution >= 0.6 is 0 Å². The number of aliphatic carboxylic acids is 1. The van der Waals surface area contributed by atoms with Crippen molar-refractivity contribution in [2.75, 3.05) is 19.6 Å². The quantitative estimate of drug-likeness (QED) is 0.794. The van der Waals surface area contributed by atoms with Crippen LogP contribution in [-0.2, 0) is 9.59 Å². The zero-order valence-electron chi connectivity index (χ0n) is 12.5. The van der Waals surface area contributed by atoms with Crippen molar-refractivity contribution in [1.82, 2.24) is 15.1 Å². The Hall–Kier alpha value is -1.79. The van der Waals surface area contributed by atoms with E-state index in [1.807, 2.05) is 13.8 Å². The average Bonchev–Trinajstić information content (AvgIpc) is 2.80. The van der Waals surface area contributed by atoms with Crippen LogP contribution in [0.1, 0.15) is 33.1 Å². The molecule has 0 radical (unpaired) electrons. The molecule has 0 aliphatic carbocycles. The molecule has 21 heavy (non-hydrogen) atoms. The smallest absolute Gasteiger partial charge is 0.318 e. The number of carboxylic acids is 1. The summed E-state index contributed by atoms with van der Waals surface area (Å²) in [4.78, 5) is 38.6. The summed E-state index contributed by atoms with van der Waals surface area (Å²) in [6.07, 6.45) is 1.89. The Balaban J connectivity index is 1.90. The Morgan fingerprint density at radius 3 is 2.57 bits per heavy atom. The van der Waals surface area contributed by atoms with Gasteiger partial charge in [-0.3, -0.25) is 9.59 Å². The molecule has 0 saturated carbocycles. The number of nitrogens with one attached hydrogen (secondary N) is 1. The lowest BCUT2D eigenvalue weighted by Crippen LogP contribution is -2.51. The minimum Gasteiger partial charge on any atom is -0.481 e. The summed E-state index contributed by atoms with van der Waals surface area (Å²) in [6, 6.07) is -0.680. The van der Waals surface area contributed by atoms with Crippen LogP contribution in [0, 0.1) is 5.92 Å². The van der Waals surface area contributed by atoms with Gasteiger partial charge in [-0.2, -0.15) is 0 Å². The molecule has 0 bridgehead atoms. The van der Waals surface area contributed by atoms with E-state index < -0.39 is 17.9 Å². The van der Waals surface area contributed by atoms with Crippen molar-refractivity contribution in [3.05, 3.63) is 0 Å². The molecule has 2 fully saturated rings. The van der Waals surface area contributed by atoms with Gasteiger partial charge in [0.05, 0.1) is 5.92 Å². The van der Waals surface area contributed by atoms with Crippen LogP contribution in [0.15, 0.2) is 0 Å². The molecule has 2 aliphatic rings. The Bertz CT molecular complexity index is 438. The SMILES string of the molecule is CC(C)N1CCC(NC(=O)N2CCCC(C(=O)O)C2)C1=O. The number of hydrogen-bond donors (Lipinski definition) is 2. The Morgan fingerprint density at radius 1 is 1.29 bits per heavy atom. The van der Waals surface area contributed by atoms with Gasteiger partial charge in [0.2, 0.25) is 5.91 Å². The zero-order valence-corrected chi connectivity index (χ0v) is 12.5. The molecule has 2 aliphatic heterocycles. The molecule has 7 nitrogen and oxygen atoms in total. The van der Waals surface area contributed by atoms with Crippen LogP contribution in [0.5, 0.6) is 0 Å². The van der Waals surface area contributed by atoms with Crippen molar-refractivity contribution < 1.29 is 19.5 Å². The highest BCUT2D eigenvalue weighted by molar-refractivity contribution is 5.89. The Labute approximate surface area is 124 Å². The third kappa shape index (κ3) is 3.46. The molecule has 3 amide bonds. The van der Waals surface area contributed by atoms with E-state index in [0.29, 0.717) is 32.4 Å². The molecule has 2 N–H and O–H groups in total. The first-order valence-corrected chi connectivity index (χ1v) is 7.49. The van der Waals surface area contributed by atoms with Crippen LogP contribution < -0.4 is 5.32 Å². The number of carboxylic acid groups (broad SMARTS) is 1. The van der Waals surface area contributed by atoms with E-state index in [1.54, 1.807) is 4.90 Å². The van der Waals surface area contributed by atoms with Crippen molar-refractivity contribution in [3.8, 4) is 0 Å². The number of amides is 3. The maximum Gasteiger partial charge on any atom is 0.318 e. The summed E-state index contributed by atoms with van der Waals surface area (Å²) in [7, 11) is 0. The van der Waals surface area contributed by atoms with Crippen LogP contribution in [0.25, 0.3) is 0 Å². The van der Waals surface area contributed by atoms with Gasteiger partial charge in [-0.1, -0.05) is 0 Å². The summed E-state index contributed by atoms with van der Waals surface area (Å²) in [5, 5.41) is 11.8. The molecule has 0 aromatic carbocycles. The highest BCUT2D eigenvalue weighted by atomic mass is 16.4. The standard InChI is InChI=1S/C14H23N3O4/c1-9(2)17-7-5-11(12(17)18)15-14(21)16-6-3-4-10(8-16)13(19)20/h9-11H,3-8H2,1-2H3,(H,15,21)(H,19,20). The van der Waals surface area contributed by atoms with Gasteiger partial charge in [-0.25, -0.2) is 4.79 Å². The molecule has 7 heteroatoms. The average molecular weight is 297 g/mol. The van der Waals surface area contributed by atoms with Gasteiger partial charge in [0.25, 0.3) is 0 Å². The highest BCUT2D eigenvalue weighted by Gasteiger charge is 2.36. The number of carbonyl (C=O) groups is 3. The monoisotopic (exact) mass is 297 g/mol. The maximum absolute atomic E-state index is 12.2. The third-order valence-corrected chi connectivity index (χ3v) is 4.22. The number of rotatable bonds is 3. The third-order valence-electron chi connectivity index (χ3n) is 4.22. The molecule has 2 heterocycles. The van der Waals surface area contributed by atoms with E-state index in [-0.39, 0.29) is 24.5 Å². The molecule has 0 spiro atoms. The number of carbonyl (C=O) groups excluding carboxylic acids is 2. The number of hydrogen-bond acceptors (Lipinski definition) is 3. The normalized spacial score (nSPS) is 26.3. The van der Waals surface area contributed by atoms with E-state index >= 15 is 0 Å². The van der Waals surface area contributed by atoms with Crippen molar-refractivity contribution in [1.29, 1.82) is 0 Å². The van der Waals surface area contributed by atoms with Crippen LogP contribution in [0.4, 0.5) is 4.79 Å². The number of nitrogens with zero attached hydrogens (tertiary/aromatic N) is 2. The number of urea groups is 1. The van der Waals surface area contributed by atoms with E-state index in [1.165, 1.54) is 4.90 Å². The second kappa shape index (κ2) is 6.32. The van der Waals surface area contributed by atoms with Gasteiger partial charge < -0.3 is 20.2 Å². The first kappa shape index (κ1) is 15.6. The molecule has 2 unspecified atom stereocenters. The summed E-state index contributed by atoms with van der Waals surface area (Å²) in [5.74, 6) is -1.42. The first-order chi connectivity index (χ1) is 9.90. The maximum atomic E-state index is 12.2. The molecular weight excluding hydrogens is 274 g/mol. The van der Waals surface area contributed by atoms with Gasteiger partial charge in [0.15, 0.2) is 0 Å². The minimum atomic E-state index is -0.865. The van der Waals surface area contributed by atoms with Crippen LogP contribution in [-0.4, -0.2) is 64.5 Å². The number of likely N-dealkylation sites (tertiary alicyclic amines) is 2.